The number of carbonyl (C=O) groups is 1. The Hall–Kier alpha value is -1.01. The quantitative estimate of drug-likeness (QED) is 0.0651. The highest BCUT2D eigenvalue weighted by atomic mass is 16.6. The Balaban J connectivity index is 3.14. The van der Waals surface area contributed by atoms with Crippen molar-refractivity contribution in [2.45, 2.75) is 78.2 Å². The van der Waals surface area contributed by atoms with E-state index in [2.05, 4.69) is 18.9 Å². The van der Waals surface area contributed by atoms with Crippen LogP contribution in [0.25, 0.3) is 0 Å². The van der Waals surface area contributed by atoms with Crippen molar-refractivity contribution in [3.8, 4) is 0 Å². The van der Waals surface area contributed by atoms with Gasteiger partial charge < -0.3 is 61.7 Å². The van der Waals surface area contributed by atoms with Gasteiger partial charge in [-0.2, -0.15) is 0 Å². The molecule has 0 radical (unpaired) electrons. The largest absolute Gasteiger partial charge is 0.460 e. The average Bonchev–Trinajstić information content (AvgIpc) is 3.10. The van der Waals surface area contributed by atoms with Crippen LogP contribution in [0, 0.1) is 0 Å². The molecule has 0 aromatic heterocycles. The minimum absolute atomic E-state index is 0.234. The molecule has 52 heavy (non-hydrogen) atoms. The maximum absolute atomic E-state index is 11.6. The zero-order valence-electron chi connectivity index (χ0n) is 33.7. The van der Waals surface area contributed by atoms with Crippen LogP contribution < -0.4 is 0 Å². The Morgan fingerprint density at radius 3 is 1.12 bits per heavy atom. The highest BCUT2D eigenvalue weighted by Gasteiger charge is 2.15. The van der Waals surface area contributed by atoms with Crippen molar-refractivity contribution in [2.75, 3.05) is 165 Å². The molecule has 14 nitrogen and oxygen atoms in total. The summed E-state index contributed by atoms with van der Waals surface area (Å²) in [6.45, 7) is 21.5. The van der Waals surface area contributed by atoms with Crippen molar-refractivity contribution >= 4 is 5.97 Å². The van der Waals surface area contributed by atoms with Gasteiger partial charge >= 0.3 is 5.97 Å². The lowest BCUT2D eigenvalue weighted by molar-refractivity contribution is -0.156. The van der Waals surface area contributed by atoms with Crippen LogP contribution in [-0.2, 0) is 61.6 Å². The van der Waals surface area contributed by atoms with E-state index in [0.29, 0.717) is 132 Å². The monoisotopic (exact) mass is 756 g/mol. The fraction of sp³-hybridized carbons (Fsp3) is 0.974. The number of unbranched alkanes of at least 4 members (excludes halogenated alkanes) is 4. The Morgan fingerprint density at radius 1 is 0.404 bits per heavy atom. The van der Waals surface area contributed by atoms with Crippen LogP contribution in [0.4, 0.5) is 0 Å². The smallest absolute Gasteiger partial charge is 0.308 e. The van der Waals surface area contributed by atoms with E-state index in [9.17, 15) is 4.79 Å². The summed E-state index contributed by atoms with van der Waals surface area (Å²) in [6, 6.07) is 0. The van der Waals surface area contributed by atoms with E-state index >= 15 is 0 Å². The standard InChI is InChI=1S/C38H77NO13/c1-6-7-8-9-10-15-41-16-11-13-39(5)14-18-43-20-22-45-24-26-47-28-30-49-32-34-51-36-35-50-33-31-48-29-27-46-25-23-44-21-19-42-17-12-37(40)52-38(2,3)4/h6-36H2,1-5H3. The van der Waals surface area contributed by atoms with Gasteiger partial charge in [0.05, 0.1) is 139 Å². The average molecular weight is 756 g/mol. The predicted octanol–water partition coefficient (Wildman–Crippen LogP) is 4.19. The van der Waals surface area contributed by atoms with E-state index in [-0.39, 0.29) is 12.4 Å². The molecule has 0 aliphatic rings. The van der Waals surface area contributed by atoms with Crippen molar-refractivity contribution < 1.29 is 61.6 Å². The number of ether oxygens (including phenoxy) is 12. The molecule has 312 valence electrons. The van der Waals surface area contributed by atoms with Gasteiger partial charge in [0.25, 0.3) is 0 Å². The van der Waals surface area contributed by atoms with E-state index in [1.165, 1.54) is 32.1 Å². The molecule has 0 spiro atoms. The molecule has 0 amide bonds. The van der Waals surface area contributed by atoms with Gasteiger partial charge in [0.1, 0.15) is 5.60 Å². The highest BCUT2D eigenvalue weighted by Crippen LogP contribution is 2.08. The first-order chi connectivity index (χ1) is 25.3. The van der Waals surface area contributed by atoms with E-state index in [4.69, 9.17) is 56.8 Å². The zero-order valence-corrected chi connectivity index (χ0v) is 33.7. The van der Waals surface area contributed by atoms with Gasteiger partial charge in [-0.25, -0.2) is 0 Å². The molecule has 0 aliphatic heterocycles. The van der Waals surface area contributed by atoms with Crippen LogP contribution in [-0.4, -0.2) is 182 Å². The van der Waals surface area contributed by atoms with Crippen LogP contribution in [0.5, 0.6) is 0 Å². The molecule has 0 N–H and O–H groups in total. The normalized spacial score (nSPS) is 12.0. The third kappa shape index (κ3) is 45.1. The fourth-order valence-corrected chi connectivity index (χ4v) is 4.31. The molecule has 0 fully saturated rings. The summed E-state index contributed by atoms with van der Waals surface area (Å²) in [7, 11) is 2.12. The van der Waals surface area contributed by atoms with Gasteiger partial charge in [-0.15, -0.1) is 0 Å². The summed E-state index contributed by atoms with van der Waals surface area (Å²) in [5.41, 5.74) is -0.473. The second-order valence-corrected chi connectivity index (χ2v) is 13.1. The molecule has 0 unspecified atom stereocenters. The summed E-state index contributed by atoms with van der Waals surface area (Å²) >= 11 is 0. The number of hydrogen-bond donors (Lipinski definition) is 0. The van der Waals surface area contributed by atoms with Crippen molar-refractivity contribution in [2.24, 2.45) is 0 Å². The molecule has 0 rings (SSSR count). The SMILES string of the molecule is CCCCCCCOCCCN(C)CCOCCOCCOCCOCCOCCOCCOCCOCCOCCOCCC(=O)OC(C)(C)C. The third-order valence-electron chi connectivity index (χ3n) is 7.06. The number of carbonyl (C=O) groups excluding carboxylic acids is 1. The summed E-state index contributed by atoms with van der Waals surface area (Å²) in [5, 5.41) is 0. The van der Waals surface area contributed by atoms with E-state index in [1.807, 2.05) is 20.8 Å². The first-order valence-corrected chi connectivity index (χ1v) is 19.6. The van der Waals surface area contributed by atoms with Gasteiger partial charge in [0, 0.05) is 26.3 Å². The van der Waals surface area contributed by atoms with Crippen LogP contribution in [0.15, 0.2) is 0 Å². The van der Waals surface area contributed by atoms with E-state index in [1.54, 1.807) is 0 Å². The van der Waals surface area contributed by atoms with E-state index < -0.39 is 5.60 Å². The molecule has 0 bridgehead atoms. The number of nitrogens with zero attached hydrogens (tertiary/aromatic N) is 1. The summed E-state index contributed by atoms with van der Waals surface area (Å²) in [4.78, 5) is 13.9. The molecule has 0 aliphatic carbocycles. The topological polar surface area (TPSA) is 131 Å². The van der Waals surface area contributed by atoms with Gasteiger partial charge in [0.15, 0.2) is 0 Å². The first-order valence-electron chi connectivity index (χ1n) is 19.6. The molecule has 0 atom stereocenters. The van der Waals surface area contributed by atoms with Crippen molar-refractivity contribution in [1.82, 2.24) is 4.90 Å². The molecule has 0 heterocycles. The van der Waals surface area contributed by atoms with Crippen molar-refractivity contribution in [3.05, 3.63) is 0 Å². The molecule has 0 saturated heterocycles. The molecular weight excluding hydrogens is 678 g/mol. The minimum Gasteiger partial charge on any atom is -0.460 e. The Kier molecular flexibility index (Phi) is 40.4. The lowest BCUT2D eigenvalue weighted by Crippen LogP contribution is -2.25. The maximum Gasteiger partial charge on any atom is 0.308 e. The minimum atomic E-state index is -0.473. The number of rotatable bonds is 43. The molecule has 0 aromatic carbocycles. The zero-order chi connectivity index (χ0) is 38.1. The van der Waals surface area contributed by atoms with Crippen molar-refractivity contribution in [1.29, 1.82) is 0 Å². The van der Waals surface area contributed by atoms with Gasteiger partial charge in [-0.3, -0.25) is 4.79 Å². The molecular formula is C38H77NO13. The predicted molar refractivity (Wildman–Crippen MR) is 200 cm³/mol. The van der Waals surface area contributed by atoms with Crippen LogP contribution in [0.1, 0.15) is 72.6 Å². The lowest BCUT2D eigenvalue weighted by Gasteiger charge is -2.19. The van der Waals surface area contributed by atoms with Gasteiger partial charge in [0.2, 0.25) is 0 Å². The second kappa shape index (κ2) is 41.2. The number of esters is 1. The van der Waals surface area contributed by atoms with Gasteiger partial charge in [-0.05, 0) is 40.7 Å². The Morgan fingerprint density at radius 2 is 0.731 bits per heavy atom. The summed E-state index contributed by atoms with van der Waals surface area (Å²) in [5.74, 6) is -0.263. The third-order valence-corrected chi connectivity index (χ3v) is 7.06. The van der Waals surface area contributed by atoms with Crippen molar-refractivity contribution in [3.63, 3.8) is 0 Å². The molecule has 14 heteroatoms. The van der Waals surface area contributed by atoms with Gasteiger partial charge in [-0.1, -0.05) is 32.6 Å². The van der Waals surface area contributed by atoms with Crippen LogP contribution in [0.3, 0.4) is 0 Å². The molecule has 0 aromatic rings. The highest BCUT2D eigenvalue weighted by molar-refractivity contribution is 5.69. The lowest BCUT2D eigenvalue weighted by atomic mass is 10.2. The van der Waals surface area contributed by atoms with Crippen LogP contribution >= 0.6 is 0 Å². The Bertz CT molecular complexity index is 715. The first kappa shape index (κ1) is 51.0. The number of hydrogen-bond acceptors (Lipinski definition) is 14. The fourth-order valence-electron chi connectivity index (χ4n) is 4.31. The number of likely N-dealkylation sites (N-methyl/N-ethyl adjacent to an activating group) is 1. The van der Waals surface area contributed by atoms with Crippen LogP contribution in [0.2, 0.25) is 0 Å². The summed E-state index contributed by atoms with van der Waals surface area (Å²) in [6.07, 6.45) is 7.70. The van der Waals surface area contributed by atoms with E-state index in [0.717, 1.165) is 32.7 Å². The molecule has 0 saturated carbocycles. The second-order valence-electron chi connectivity index (χ2n) is 13.1. The maximum atomic E-state index is 11.6. The summed E-state index contributed by atoms with van der Waals surface area (Å²) < 4.78 is 66.0. The Labute approximate surface area is 316 Å².